The Hall–Kier alpha value is -1.62. The summed E-state index contributed by atoms with van der Waals surface area (Å²) in [7, 11) is 0. The predicted molar refractivity (Wildman–Crippen MR) is 71.9 cm³/mol. The Morgan fingerprint density at radius 1 is 1.39 bits per heavy atom. The van der Waals surface area contributed by atoms with Gasteiger partial charge in [0.2, 0.25) is 0 Å². The topological polar surface area (TPSA) is 76.2 Å². The molecule has 0 aliphatic rings. The van der Waals surface area contributed by atoms with Crippen molar-refractivity contribution in [2.24, 2.45) is 5.73 Å². The first-order valence-electron chi connectivity index (χ1n) is 6.24. The van der Waals surface area contributed by atoms with Crippen LogP contribution in [0.5, 0.6) is 0 Å². The largest absolute Gasteiger partial charge is 0.330 e. The number of nitrogens with two attached hydrogens (primary N) is 1. The van der Waals surface area contributed by atoms with E-state index in [0.29, 0.717) is 12.2 Å². The number of aromatic nitrogens is 3. The van der Waals surface area contributed by atoms with Gasteiger partial charge in [-0.3, -0.25) is 9.89 Å². The Kier molecular flexibility index (Phi) is 3.26. The molecule has 18 heavy (non-hydrogen) atoms. The van der Waals surface area contributed by atoms with E-state index in [1.807, 2.05) is 6.07 Å². The van der Waals surface area contributed by atoms with Crippen molar-refractivity contribution in [3.05, 3.63) is 33.9 Å². The second-order valence-electron chi connectivity index (χ2n) is 5.59. The highest BCUT2D eigenvalue weighted by atomic mass is 16.1. The van der Waals surface area contributed by atoms with Gasteiger partial charge in [0.05, 0.1) is 0 Å². The van der Waals surface area contributed by atoms with Crippen LogP contribution in [-0.4, -0.2) is 21.1 Å². The van der Waals surface area contributed by atoms with Crippen LogP contribution in [0.4, 0.5) is 0 Å². The van der Waals surface area contributed by atoms with Gasteiger partial charge in [0, 0.05) is 28.9 Å². The van der Waals surface area contributed by atoms with Gasteiger partial charge in [-0.2, -0.15) is 0 Å². The van der Waals surface area contributed by atoms with Crippen LogP contribution in [0.25, 0.3) is 5.65 Å². The third kappa shape index (κ3) is 2.46. The summed E-state index contributed by atoms with van der Waals surface area (Å²) in [5.74, 6) is 0. The van der Waals surface area contributed by atoms with Crippen molar-refractivity contribution >= 4 is 5.65 Å². The average Bonchev–Trinajstić information content (AvgIpc) is 2.70. The maximum atomic E-state index is 12.0. The first kappa shape index (κ1) is 12.8. The second kappa shape index (κ2) is 4.57. The number of aryl methyl sites for hydroxylation is 1. The van der Waals surface area contributed by atoms with Gasteiger partial charge in [0.15, 0.2) is 5.65 Å². The zero-order valence-electron chi connectivity index (χ0n) is 11.2. The highest BCUT2D eigenvalue weighted by Gasteiger charge is 2.17. The molecule has 0 saturated carbocycles. The fourth-order valence-electron chi connectivity index (χ4n) is 1.84. The Balaban J connectivity index is 2.49. The van der Waals surface area contributed by atoms with Gasteiger partial charge in [-0.1, -0.05) is 20.8 Å². The van der Waals surface area contributed by atoms with E-state index < -0.39 is 0 Å². The number of fused-ring (bicyclic) bond motifs is 1. The summed E-state index contributed by atoms with van der Waals surface area (Å²) in [5, 5.41) is 3.10. The Morgan fingerprint density at radius 2 is 2.11 bits per heavy atom. The van der Waals surface area contributed by atoms with Crippen LogP contribution in [0, 0.1) is 0 Å². The molecule has 0 aromatic carbocycles. The maximum Gasteiger partial charge on any atom is 0.272 e. The van der Waals surface area contributed by atoms with Crippen molar-refractivity contribution in [3.8, 4) is 0 Å². The quantitative estimate of drug-likeness (QED) is 0.857. The lowest BCUT2D eigenvalue weighted by atomic mass is 9.93. The van der Waals surface area contributed by atoms with Gasteiger partial charge < -0.3 is 5.73 Å². The highest BCUT2D eigenvalue weighted by molar-refractivity contribution is 5.41. The standard InChI is InChI=1S/C13H20N4O/c1-13(2,3)10-8-11-15-9(5-4-6-14)7-12(18)17(11)16-10/h7-8,16H,4-6,14H2,1-3H3. The minimum Gasteiger partial charge on any atom is -0.330 e. The molecule has 0 unspecified atom stereocenters. The number of aromatic amines is 1. The molecule has 0 aliphatic heterocycles. The summed E-state index contributed by atoms with van der Waals surface area (Å²) in [5.41, 5.74) is 7.87. The zero-order valence-corrected chi connectivity index (χ0v) is 11.2. The van der Waals surface area contributed by atoms with Crippen LogP contribution in [0.1, 0.15) is 38.6 Å². The van der Waals surface area contributed by atoms with Gasteiger partial charge in [0.25, 0.3) is 5.56 Å². The Morgan fingerprint density at radius 3 is 2.72 bits per heavy atom. The highest BCUT2D eigenvalue weighted by Crippen LogP contribution is 2.20. The summed E-state index contributed by atoms with van der Waals surface area (Å²) in [6.07, 6.45) is 1.59. The number of H-pyrrole nitrogens is 1. The van der Waals surface area contributed by atoms with Crippen molar-refractivity contribution in [3.63, 3.8) is 0 Å². The van der Waals surface area contributed by atoms with Gasteiger partial charge in [-0.15, -0.1) is 0 Å². The van der Waals surface area contributed by atoms with Gasteiger partial charge in [0.1, 0.15) is 0 Å². The van der Waals surface area contributed by atoms with Crippen LogP contribution >= 0.6 is 0 Å². The van der Waals surface area contributed by atoms with E-state index in [2.05, 4.69) is 30.9 Å². The number of rotatable bonds is 3. The van der Waals surface area contributed by atoms with Gasteiger partial charge in [-0.05, 0) is 19.4 Å². The molecule has 0 saturated heterocycles. The Labute approximate surface area is 106 Å². The fraction of sp³-hybridized carbons (Fsp3) is 0.538. The van der Waals surface area contributed by atoms with E-state index in [9.17, 15) is 4.79 Å². The van der Waals surface area contributed by atoms with E-state index in [1.165, 1.54) is 4.52 Å². The number of nitrogens with one attached hydrogen (secondary N) is 1. The lowest BCUT2D eigenvalue weighted by molar-refractivity contribution is 0.561. The van der Waals surface area contributed by atoms with E-state index in [-0.39, 0.29) is 11.0 Å². The summed E-state index contributed by atoms with van der Waals surface area (Å²) in [6.45, 7) is 6.90. The molecule has 0 amide bonds. The molecule has 5 nitrogen and oxygen atoms in total. The molecule has 0 atom stereocenters. The van der Waals surface area contributed by atoms with E-state index in [1.54, 1.807) is 6.07 Å². The van der Waals surface area contributed by atoms with Crippen molar-refractivity contribution in [1.29, 1.82) is 0 Å². The summed E-state index contributed by atoms with van der Waals surface area (Å²) >= 11 is 0. The fourth-order valence-corrected chi connectivity index (χ4v) is 1.84. The lowest BCUT2D eigenvalue weighted by Crippen LogP contribution is -2.17. The summed E-state index contributed by atoms with van der Waals surface area (Å²) < 4.78 is 1.49. The van der Waals surface area contributed by atoms with Crippen molar-refractivity contribution in [1.82, 2.24) is 14.6 Å². The van der Waals surface area contributed by atoms with E-state index >= 15 is 0 Å². The van der Waals surface area contributed by atoms with Crippen molar-refractivity contribution in [2.75, 3.05) is 6.54 Å². The monoisotopic (exact) mass is 248 g/mol. The van der Waals surface area contributed by atoms with Crippen molar-refractivity contribution < 1.29 is 0 Å². The molecule has 0 spiro atoms. The van der Waals surface area contributed by atoms with E-state index in [4.69, 9.17) is 5.73 Å². The van der Waals surface area contributed by atoms with E-state index in [0.717, 1.165) is 24.2 Å². The van der Waals surface area contributed by atoms with Gasteiger partial charge >= 0.3 is 0 Å². The first-order chi connectivity index (χ1) is 8.41. The molecule has 2 aromatic heterocycles. The molecule has 0 fully saturated rings. The summed E-state index contributed by atoms with van der Waals surface area (Å²) in [6, 6.07) is 3.51. The van der Waals surface area contributed by atoms with Crippen LogP contribution in [-0.2, 0) is 11.8 Å². The maximum absolute atomic E-state index is 12.0. The van der Waals surface area contributed by atoms with Crippen molar-refractivity contribution in [2.45, 2.75) is 39.0 Å². The number of hydrogen-bond acceptors (Lipinski definition) is 3. The molecule has 98 valence electrons. The van der Waals surface area contributed by atoms with Crippen LogP contribution < -0.4 is 11.3 Å². The van der Waals surface area contributed by atoms with Crippen LogP contribution in [0.3, 0.4) is 0 Å². The molecule has 0 bridgehead atoms. The molecule has 2 aromatic rings. The average molecular weight is 248 g/mol. The smallest absolute Gasteiger partial charge is 0.272 e. The molecule has 0 radical (unpaired) electrons. The zero-order chi connectivity index (χ0) is 13.3. The minimum absolute atomic E-state index is 0.0302. The van der Waals surface area contributed by atoms with Gasteiger partial charge in [-0.25, -0.2) is 9.50 Å². The molecule has 2 heterocycles. The molecular weight excluding hydrogens is 228 g/mol. The second-order valence-corrected chi connectivity index (χ2v) is 5.59. The SMILES string of the molecule is CC(C)(C)c1cc2nc(CCCN)cc(=O)n2[nH]1. The third-order valence-electron chi connectivity index (χ3n) is 2.95. The first-order valence-corrected chi connectivity index (χ1v) is 6.24. The molecule has 3 N–H and O–H groups in total. The molecule has 0 aliphatic carbocycles. The predicted octanol–water partition coefficient (Wildman–Crippen LogP) is 1.21. The normalized spacial score (nSPS) is 12.2. The number of hydrogen-bond donors (Lipinski definition) is 2. The molecule has 5 heteroatoms. The minimum atomic E-state index is -0.0671. The van der Waals surface area contributed by atoms with Crippen LogP contribution in [0.15, 0.2) is 16.9 Å². The van der Waals surface area contributed by atoms with Crippen LogP contribution in [0.2, 0.25) is 0 Å². The lowest BCUT2D eigenvalue weighted by Gasteiger charge is -2.14. The Bertz CT molecular complexity index is 603. The summed E-state index contributed by atoms with van der Waals surface area (Å²) in [4.78, 5) is 16.4. The molecular formula is C13H20N4O. The molecule has 2 rings (SSSR count). The third-order valence-corrected chi connectivity index (χ3v) is 2.95. The number of nitrogens with zero attached hydrogens (tertiary/aromatic N) is 2.